The van der Waals surface area contributed by atoms with Crippen molar-refractivity contribution in [2.75, 3.05) is 7.11 Å². The fourth-order valence-corrected chi connectivity index (χ4v) is 3.08. The second kappa shape index (κ2) is 5.96. The van der Waals surface area contributed by atoms with Gasteiger partial charge in [-0.3, -0.25) is 0 Å². The summed E-state index contributed by atoms with van der Waals surface area (Å²) in [6.45, 7) is 6.83. The highest BCUT2D eigenvalue weighted by atomic mass is 79.9. The molecule has 0 amide bonds. The van der Waals surface area contributed by atoms with Gasteiger partial charge >= 0.3 is 0 Å². The molecule has 2 unspecified atom stereocenters. The van der Waals surface area contributed by atoms with Gasteiger partial charge in [0.05, 0.1) is 7.11 Å². The van der Waals surface area contributed by atoms with Crippen LogP contribution in [0.25, 0.3) is 10.8 Å². The van der Waals surface area contributed by atoms with E-state index in [9.17, 15) is 0 Å². The smallest absolute Gasteiger partial charge is 0.119 e. The van der Waals surface area contributed by atoms with Crippen LogP contribution in [0.3, 0.4) is 0 Å². The van der Waals surface area contributed by atoms with Crippen molar-refractivity contribution in [3.8, 4) is 5.75 Å². The largest absolute Gasteiger partial charge is 0.497 e. The average Bonchev–Trinajstić information content (AvgIpc) is 2.44. The molecule has 2 aromatic rings. The fraction of sp³-hybridized carbons (Fsp3) is 0.412. The van der Waals surface area contributed by atoms with Crippen molar-refractivity contribution in [2.24, 2.45) is 11.8 Å². The van der Waals surface area contributed by atoms with Gasteiger partial charge in [-0.15, -0.1) is 0 Å². The van der Waals surface area contributed by atoms with Crippen molar-refractivity contribution in [1.29, 1.82) is 0 Å². The van der Waals surface area contributed by atoms with Crippen LogP contribution in [0.4, 0.5) is 0 Å². The minimum atomic E-state index is 0.402. The highest BCUT2D eigenvalue weighted by Gasteiger charge is 2.19. The van der Waals surface area contributed by atoms with E-state index in [0.717, 1.165) is 5.75 Å². The average molecular weight is 321 g/mol. The van der Waals surface area contributed by atoms with E-state index < -0.39 is 0 Å². The second-order valence-electron chi connectivity index (χ2n) is 5.48. The first-order chi connectivity index (χ1) is 9.02. The molecule has 0 radical (unpaired) electrons. The van der Waals surface area contributed by atoms with E-state index in [1.807, 2.05) is 6.07 Å². The predicted molar refractivity (Wildman–Crippen MR) is 86.2 cm³/mol. The molecule has 0 aromatic heterocycles. The number of benzene rings is 2. The molecule has 19 heavy (non-hydrogen) atoms. The molecular formula is C17H21BrO. The van der Waals surface area contributed by atoms with Gasteiger partial charge in [0, 0.05) is 4.83 Å². The minimum absolute atomic E-state index is 0.402. The summed E-state index contributed by atoms with van der Waals surface area (Å²) in [5.74, 6) is 2.18. The SMILES string of the molecule is COc1ccc2cc(C(Br)C(C)C(C)C)ccc2c1. The Morgan fingerprint density at radius 1 is 0.947 bits per heavy atom. The monoisotopic (exact) mass is 320 g/mol. The molecule has 2 rings (SSSR count). The Hall–Kier alpha value is -1.02. The molecule has 2 aromatic carbocycles. The molecule has 102 valence electrons. The topological polar surface area (TPSA) is 9.23 Å². The van der Waals surface area contributed by atoms with Crippen molar-refractivity contribution < 1.29 is 4.74 Å². The van der Waals surface area contributed by atoms with Crippen LogP contribution in [0.2, 0.25) is 0 Å². The summed E-state index contributed by atoms with van der Waals surface area (Å²) in [4.78, 5) is 0.402. The van der Waals surface area contributed by atoms with Crippen molar-refractivity contribution >= 4 is 26.7 Å². The van der Waals surface area contributed by atoms with Crippen LogP contribution in [0, 0.1) is 11.8 Å². The van der Waals surface area contributed by atoms with Crippen molar-refractivity contribution in [3.05, 3.63) is 42.0 Å². The first-order valence-electron chi connectivity index (χ1n) is 6.74. The van der Waals surface area contributed by atoms with E-state index in [1.54, 1.807) is 7.11 Å². The summed E-state index contributed by atoms with van der Waals surface area (Å²) in [6, 6.07) is 12.9. The number of alkyl halides is 1. The van der Waals surface area contributed by atoms with Gasteiger partial charge in [0.25, 0.3) is 0 Å². The maximum absolute atomic E-state index is 5.26. The first-order valence-corrected chi connectivity index (χ1v) is 7.66. The Morgan fingerprint density at radius 3 is 2.21 bits per heavy atom. The van der Waals surface area contributed by atoms with Crippen LogP contribution in [-0.4, -0.2) is 7.11 Å². The zero-order valence-electron chi connectivity index (χ0n) is 12.0. The molecular weight excluding hydrogens is 300 g/mol. The molecule has 0 spiro atoms. The molecule has 0 saturated carbocycles. The van der Waals surface area contributed by atoms with E-state index in [0.29, 0.717) is 16.7 Å². The highest BCUT2D eigenvalue weighted by Crippen LogP contribution is 2.36. The van der Waals surface area contributed by atoms with Gasteiger partial charge in [0.15, 0.2) is 0 Å². The van der Waals surface area contributed by atoms with Crippen LogP contribution < -0.4 is 4.74 Å². The quantitative estimate of drug-likeness (QED) is 0.668. The molecule has 1 nitrogen and oxygen atoms in total. The lowest BCUT2D eigenvalue weighted by atomic mass is 9.90. The Labute approximate surface area is 124 Å². The second-order valence-corrected chi connectivity index (χ2v) is 6.46. The third-order valence-corrected chi connectivity index (χ3v) is 5.27. The minimum Gasteiger partial charge on any atom is -0.497 e. The van der Waals surface area contributed by atoms with Crippen LogP contribution in [0.15, 0.2) is 36.4 Å². The normalized spacial score (nSPS) is 14.6. The number of hydrogen-bond donors (Lipinski definition) is 0. The molecule has 0 saturated heterocycles. The number of rotatable bonds is 4. The summed E-state index contributed by atoms with van der Waals surface area (Å²) in [7, 11) is 1.70. The van der Waals surface area contributed by atoms with E-state index in [2.05, 4.69) is 67.0 Å². The molecule has 0 N–H and O–H groups in total. The zero-order chi connectivity index (χ0) is 14.0. The molecule has 2 atom stereocenters. The summed E-state index contributed by atoms with van der Waals surface area (Å²) in [5.41, 5.74) is 1.35. The Morgan fingerprint density at radius 2 is 1.58 bits per heavy atom. The van der Waals surface area contributed by atoms with Gasteiger partial charge in [-0.25, -0.2) is 0 Å². The Balaban J connectivity index is 2.36. The van der Waals surface area contributed by atoms with E-state index in [4.69, 9.17) is 4.74 Å². The molecule has 0 aliphatic heterocycles. The Bertz CT molecular complexity index is 562. The summed E-state index contributed by atoms with van der Waals surface area (Å²) < 4.78 is 5.26. The van der Waals surface area contributed by atoms with Crippen LogP contribution in [0.1, 0.15) is 31.2 Å². The maximum atomic E-state index is 5.26. The van der Waals surface area contributed by atoms with Gasteiger partial charge in [0.1, 0.15) is 5.75 Å². The number of hydrogen-bond acceptors (Lipinski definition) is 1. The molecule has 0 aliphatic rings. The van der Waals surface area contributed by atoms with Crippen molar-refractivity contribution in [3.63, 3.8) is 0 Å². The van der Waals surface area contributed by atoms with Gasteiger partial charge in [-0.1, -0.05) is 61.0 Å². The third kappa shape index (κ3) is 3.11. The number of methoxy groups -OCH3 is 1. The summed E-state index contributed by atoms with van der Waals surface area (Å²) >= 11 is 3.84. The van der Waals surface area contributed by atoms with Gasteiger partial charge in [0.2, 0.25) is 0 Å². The van der Waals surface area contributed by atoms with E-state index in [1.165, 1.54) is 16.3 Å². The maximum Gasteiger partial charge on any atom is 0.119 e. The highest BCUT2D eigenvalue weighted by molar-refractivity contribution is 9.09. The van der Waals surface area contributed by atoms with Gasteiger partial charge in [-0.2, -0.15) is 0 Å². The third-order valence-electron chi connectivity index (χ3n) is 3.90. The van der Waals surface area contributed by atoms with E-state index in [-0.39, 0.29) is 0 Å². The first kappa shape index (κ1) is 14.4. The number of halogens is 1. The lowest BCUT2D eigenvalue weighted by Crippen LogP contribution is -2.10. The summed E-state index contributed by atoms with van der Waals surface area (Å²) in [6.07, 6.45) is 0. The van der Waals surface area contributed by atoms with Gasteiger partial charge < -0.3 is 4.74 Å². The van der Waals surface area contributed by atoms with E-state index >= 15 is 0 Å². The fourth-order valence-electron chi connectivity index (χ4n) is 2.18. The number of ether oxygens (including phenoxy) is 1. The number of fused-ring (bicyclic) bond motifs is 1. The van der Waals surface area contributed by atoms with Crippen LogP contribution in [-0.2, 0) is 0 Å². The van der Waals surface area contributed by atoms with Gasteiger partial charge in [-0.05, 0) is 40.3 Å². The molecule has 0 fully saturated rings. The molecule has 0 heterocycles. The summed E-state index contributed by atoms with van der Waals surface area (Å²) in [5, 5.41) is 2.48. The lowest BCUT2D eigenvalue weighted by molar-refractivity contribution is 0.414. The standard InChI is InChI=1S/C17H21BrO/c1-11(2)12(3)17(18)15-6-5-14-10-16(19-4)8-7-13(14)9-15/h5-12,17H,1-4H3. The van der Waals surface area contributed by atoms with Crippen molar-refractivity contribution in [2.45, 2.75) is 25.6 Å². The zero-order valence-corrected chi connectivity index (χ0v) is 13.6. The predicted octanol–water partition coefficient (Wildman–Crippen LogP) is 5.58. The molecule has 0 aliphatic carbocycles. The molecule has 0 bridgehead atoms. The lowest BCUT2D eigenvalue weighted by Gasteiger charge is -2.22. The van der Waals surface area contributed by atoms with Crippen LogP contribution >= 0.6 is 15.9 Å². The molecule has 2 heteroatoms. The Kier molecular flexibility index (Phi) is 4.51. The van der Waals surface area contributed by atoms with Crippen LogP contribution in [0.5, 0.6) is 5.75 Å². The van der Waals surface area contributed by atoms with Crippen molar-refractivity contribution in [1.82, 2.24) is 0 Å².